The molecule has 0 fully saturated rings. The van der Waals surface area contributed by atoms with Gasteiger partial charge in [0.15, 0.2) is 0 Å². The van der Waals surface area contributed by atoms with E-state index in [1.54, 1.807) is 66.7 Å². The van der Waals surface area contributed by atoms with Gasteiger partial charge in [0, 0.05) is 12.2 Å². The minimum Gasteiger partial charge on any atom is -0.457 e. The number of hydrogen-bond acceptors (Lipinski definition) is 10. The second kappa shape index (κ2) is 17.1. The zero-order chi connectivity index (χ0) is 36.2. The van der Waals surface area contributed by atoms with Crippen molar-refractivity contribution >= 4 is 34.6 Å². The van der Waals surface area contributed by atoms with E-state index in [1.807, 2.05) is 30.3 Å². The summed E-state index contributed by atoms with van der Waals surface area (Å²) in [6, 6.07) is 31.7. The average Bonchev–Trinajstić information content (AvgIpc) is 3.15. The maximum atomic E-state index is 12.7. The van der Waals surface area contributed by atoms with Crippen LogP contribution in [0.4, 0.5) is 0 Å². The third-order valence-electron chi connectivity index (χ3n) is 7.66. The van der Waals surface area contributed by atoms with E-state index >= 15 is 0 Å². The SMILES string of the molecule is C=CC(=O)OCOc1ccc(C(=O)Oc2ccc(CC(C)c3ccc4cc(OC(=O)c5ccc(OCOC(=O)C=C)cc5)ccc4c3)cc2)cc1. The van der Waals surface area contributed by atoms with Crippen LogP contribution in [0.2, 0.25) is 0 Å². The van der Waals surface area contributed by atoms with Crippen molar-refractivity contribution in [3.05, 3.63) is 157 Å². The van der Waals surface area contributed by atoms with E-state index in [-0.39, 0.29) is 19.5 Å². The standard InChI is InChI=1S/C41H34O10/c1-4-38(42)48-25-46-34-17-10-29(11-18-34)40(44)50-36-15-6-28(7-16-36)22-27(3)31-8-9-33-24-37(21-14-32(33)23-31)51-41(45)30-12-19-35(20-13-30)47-26-49-39(43)5-2/h4-21,23-24,27H,1-2,22,25-26H2,3H3. The van der Waals surface area contributed by atoms with Gasteiger partial charge < -0.3 is 28.4 Å². The second-order valence-electron chi connectivity index (χ2n) is 11.2. The van der Waals surface area contributed by atoms with Crippen LogP contribution < -0.4 is 18.9 Å². The molecule has 5 aromatic rings. The van der Waals surface area contributed by atoms with Crippen molar-refractivity contribution in [2.24, 2.45) is 0 Å². The van der Waals surface area contributed by atoms with Crippen LogP contribution in [0.5, 0.6) is 23.0 Å². The topological polar surface area (TPSA) is 124 Å². The molecule has 0 aliphatic heterocycles. The van der Waals surface area contributed by atoms with Gasteiger partial charge in [0.25, 0.3) is 0 Å². The maximum absolute atomic E-state index is 12.7. The number of esters is 4. The lowest BCUT2D eigenvalue weighted by molar-refractivity contribution is -0.145. The molecule has 51 heavy (non-hydrogen) atoms. The Bertz CT molecular complexity index is 2030. The Morgan fingerprint density at radius 1 is 0.569 bits per heavy atom. The molecular formula is C41H34O10. The van der Waals surface area contributed by atoms with Crippen LogP contribution >= 0.6 is 0 Å². The molecule has 258 valence electrons. The third kappa shape index (κ3) is 10.2. The fraction of sp³-hybridized carbons (Fsp3) is 0.122. The summed E-state index contributed by atoms with van der Waals surface area (Å²) < 4.78 is 31.3. The quantitative estimate of drug-likeness (QED) is 0.0467. The first-order valence-electron chi connectivity index (χ1n) is 15.8. The first-order valence-corrected chi connectivity index (χ1v) is 15.8. The molecule has 0 amide bonds. The van der Waals surface area contributed by atoms with Crippen LogP contribution in [0, 0.1) is 0 Å². The molecular weight excluding hydrogens is 652 g/mol. The molecule has 0 saturated heterocycles. The van der Waals surface area contributed by atoms with Crippen LogP contribution in [0.1, 0.15) is 44.7 Å². The maximum Gasteiger partial charge on any atom is 0.343 e. The van der Waals surface area contributed by atoms with Crippen molar-refractivity contribution in [2.75, 3.05) is 13.6 Å². The Hall–Kier alpha value is -6.68. The Kier molecular flexibility index (Phi) is 12.0. The summed E-state index contributed by atoms with van der Waals surface area (Å²) in [6.07, 6.45) is 2.85. The molecule has 1 atom stereocenters. The van der Waals surface area contributed by atoms with Gasteiger partial charge in [-0.15, -0.1) is 0 Å². The van der Waals surface area contributed by atoms with E-state index < -0.39 is 23.9 Å². The Balaban J connectivity index is 1.11. The number of fused-ring (bicyclic) bond motifs is 1. The molecule has 1 unspecified atom stereocenters. The first kappa shape index (κ1) is 35.6. The number of benzene rings is 5. The minimum atomic E-state index is -0.594. The van der Waals surface area contributed by atoms with Crippen molar-refractivity contribution in [2.45, 2.75) is 19.3 Å². The fourth-order valence-corrected chi connectivity index (χ4v) is 4.91. The van der Waals surface area contributed by atoms with E-state index in [4.69, 9.17) is 28.4 Å². The average molecular weight is 687 g/mol. The van der Waals surface area contributed by atoms with E-state index in [1.165, 1.54) is 0 Å². The monoisotopic (exact) mass is 686 g/mol. The van der Waals surface area contributed by atoms with Crippen molar-refractivity contribution in [1.82, 2.24) is 0 Å². The molecule has 10 nitrogen and oxygen atoms in total. The summed E-state index contributed by atoms with van der Waals surface area (Å²) in [4.78, 5) is 47.6. The van der Waals surface area contributed by atoms with Crippen LogP contribution in [0.25, 0.3) is 10.8 Å². The molecule has 0 saturated carbocycles. The summed E-state index contributed by atoms with van der Waals surface area (Å²) in [5, 5.41) is 1.94. The molecule has 10 heteroatoms. The van der Waals surface area contributed by atoms with E-state index in [9.17, 15) is 19.2 Å². The van der Waals surface area contributed by atoms with Gasteiger partial charge >= 0.3 is 23.9 Å². The molecule has 5 aromatic carbocycles. The summed E-state index contributed by atoms with van der Waals surface area (Å²) in [5.74, 6) is -0.326. The van der Waals surface area contributed by atoms with Crippen molar-refractivity contribution in [3.8, 4) is 23.0 Å². The lowest BCUT2D eigenvalue weighted by Gasteiger charge is -2.14. The Morgan fingerprint density at radius 2 is 1.02 bits per heavy atom. The second-order valence-corrected chi connectivity index (χ2v) is 11.2. The molecule has 0 bridgehead atoms. The molecule has 0 N–H and O–H groups in total. The number of carbonyl (C=O) groups is 4. The van der Waals surface area contributed by atoms with Crippen LogP contribution in [-0.2, 0) is 25.5 Å². The number of ether oxygens (including phenoxy) is 6. The molecule has 5 rings (SSSR count). The van der Waals surface area contributed by atoms with Crippen LogP contribution in [-0.4, -0.2) is 37.5 Å². The zero-order valence-electron chi connectivity index (χ0n) is 27.7. The van der Waals surface area contributed by atoms with Crippen LogP contribution in [0.3, 0.4) is 0 Å². The largest absolute Gasteiger partial charge is 0.457 e. The minimum absolute atomic E-state index is 0.197. The fourth-order valence-electron chi connectivity index (χ4n) is 4.91. The number of rotatable bonds is 15. The van der Waals surface area contributed by atoms with Gasteiger partial charge in [-0.25, -0.2) is 19.2 Å². The highest BCUT2D eigenvalue weighted by Gasteiger charge is 2.13. The van der Waals surface area contributed by atoms with Gasteiger partial charge in [-0.05, 0) is 107 Å². The third-order valence-corrected chi connectivity index (χ3v) is 7.66. The molecule has 0 radical (unpaired) electrons. The highest BCUT2D eigenvalue weighted by molar-refractivity contribution is 5.92. The highest BCUT2D eigenvalue weighted by atomic mass is 16.7. The molecule has 0 aliphatic rings. The molecule has 0 spiro atoms. The number of carbonyl (C=O) groups excluding carboxylic acids is 4. The van der Waals surface area contributed by atoms with E-state index in [2.05, 4.69) is 32.2 Å². The van der Waals surface area contributed by atoms with Crippen LogP contribution in [0.15, 0.2) is 135 Å². The van der Waals surface area contributed by atoms with Gasteiger partial charge in [0.05, 0.1) is 11.1 Å². The van der Waals surface area contributed by atoms with Gasteiger partial charge in [-0.1, -0.05) is 56.5 Å². The lowest BCUT2D eigenvalue weighted by Crippen LogP contribution is -2.09. The number of hydrogen-bond donors (Lipinski definition) is 0. The molecule has 0 aromatic heterocycles. The van der Waals surface area contributed by atoms with Gasteiger partial charge in [-0.2, -0.15) is 0 Å². The first-order chi connectivity index (χ1) is 24.7. The predicted molar refractivity (Wildman–Crippen MR) is 189 cm³/mol. The lowest BCUT2D eigenvalue weighted by atomic mass is 9.92. The van der Waals surface area contributed by atoms with E-state index in [0.717, 1.165) is 40.5 Å². The summed E-state index contributed by atoms with van der Waals surface area (Å²) in [6.45, 7) is 8.24. The summed E-state index contributed by atoms with van der Waals surface area (Å²) in [7, 11) is 0. The molecule has 0 aliphatic carbocycles. The van der Waals surface area contributed by atoms with E-state index in [0.29, 0.717) is 34.1 Å². The van der Waals surface area contributed by atoms with Gasteiger partial charge in [0.1, 0.15) is 23.0 Å². The Labute approximate surface area is 294 Å². The van der Waals surface area contributed by atoms with Crippen molar-refractivity contribution in [1.29, 1.82) is 0 Å². The summed E-state index contributed by atoms with van der Waals surface area (Å²) in [5.41, 5.74) is 2.91. The Morgan fingerprint density at radius 3 is 1.55 bits per heavy atom. The zero-order valence-corrected chi connectivity index (χ0v) is 27.7. The smallest absolute Gasteiger partial charge is 0.343 e. The van der Waals surface area contributed by atoms with Crippen molar-refractivity contribution in [3.63, 3.8) is 0 Å². The summed E-state index contributed by atoms with van der Waals surface area (Å²) >= 11 is 0. The van der Waals surface area contributed by atoms with Crippen molar-refractivity contribution < 1.29 is 47.6 Å². The van der Waals surface area contributed by atoms with Gasteiger partial charge in [0.2, 0.25) is 13.6 Å². The van der Waals surface area contributed by atoms with Gasteiger partial charge in [-0.3, -0.25) is 0 Å². The predicted octanol–water partition coefficient (Wildman–Crippen LogP) is 7.76. The normalized spacial score (nSPS) is 11.1. The highest BCUT2D eigenvalue weighted by Crippen LogP contribution is 2.28. The molecule has 0 heterocycles.